The van der Waals surface area contributed by atoms with Crippen LogP contribution in [-0.4, -0.2) is 63.7 Å². The van der Waals surface area contributed by atoms with Crippen molar-refractivity contribution in [1.29, 1.82) is 0 Å². The standard InChI is InChI=1S/C21H21F4N5O5S/c1-20(5-7-36(32,33)8-6-20)29-18(31)17-27-13-3-4-15(28-16(13)30(17)2)35-19-14(9-12(22)10-26-19)34-11-21(23,24)25/h3-4,9-10H,5-8,11H2,1-2H3,(H,29,31). The topological polar surface area (TPSA) is 125 Å². The number of hydrogen-bond acceptors (Lipinski definition) is 8. The van der Waals surface area contributed by atoms with Gasteiger partial charge in [0, 0.05) is 24.7 Å². The average Bonchev–Trinajstić information content (AvgIpc) is 3.12. The monoisotopic (exact) mass is 531 g/mol. The van der Waals surface area contributed by atoms with E-state index in [9.17, 15) is 30.8 Å². The number of carbonyl (C=O) groups is 1. The van der Waals surface area contributed by atoms with Crippen molar-refractivity contribution in [2.75, 3.05) is 18.1 Å². The minimum atomic E-state index is -4.66. The van der Waals surface area contributed by atoms with Crippen LogP contribution >= 0.6 is 0 Å². The maximum atomic E-state index is 13.5. The van der Waals surface area contributed by atoms with Gasteiger partial charge in [-0.2, -0.15) is 18.2 Å². The van der Waals surface area contributed by atoms with E-state index < -0.39 is 51.5 Å². The number of ether oxygens (including phenoxy) is 2. The van der Waals surface area contributed by atoms with Gasteiger partial charge in [0.2, 0.25) is 11.7 Å². The first kappa shape index (κ1) is 25.6. The van der Waals surface area contributed by atoms with Gasteiger partial charge in [-0.3, -0.25) is 4.79 Å². The normalized spacial score (nSPS) is 17.1. The second-order valence-corrected chi connectivity index (χ2v) is 10.9. The molecule has 0 saturated carbocycles. The van der Waals surface area contributed by atoms with Crippen LogP contribution in [0.1, 0.15) is 30.4 Å². The molecule has 0 aromatic carbocycles. The number of halogens is 4. The van der Waals surface area contributed by atoms with Crippen LogP contribution in [0.25, 0.3) is 11.2 Å². The van der Waals surface area contributed by atoms with Crippen molar-refractivity contribution < 1.29 is 40.2 Å². The molecule has 1 fully saturated rings. The molecule has 15 heteroatoms. The number of sulfone groups is 1. The Morgan fingerprint density at radius 3 is 2.58 bits per heavy atom. The average molecular weight is 531 g/mol. The molecule has 1 saturated heterocycles. The SMILES string of the molecule is Cn1c(C(=O)NC2(C)CCS(=O)(=O)CC2)nc2ccc(Oc3ncc(F)cc3OCC(F)(F)F)nc21. The number of fused-ring (bicyclic) bond motifs is 1. The summed E-state index contributed by atoms with van der Waals surface area (Å²) in [7, 11) is -1.59. The first-order valence-corrected chi connectivity index (χ1v) is 12.5. The molecule has 1 aliphatic rings. The fourth-order valence-corrected chi connectivity index (χ4v) is 5.32. The molecule has 0 atom stereocenters. The second kappa shape index (κ2) is 9.19. The Balaban J connectivity index is 1.55. The molecule has 1 amide bonds. The zero-order valence-electron chi connectivity index (χ0n) is 19.1. The molecule has 10 nitrogen and oxygen atoms in total. The first-order chi connectivity index (χ1) is 16.7. The number of pyridine rings is 2. The van der Waals surface area contributed by atoms with Crippen molar-refractivity contribution in [3.63, 3.8) is 0 Å². The Morgan fingerprint density at radius 1 is 1.22 bits per heavy atom. The summed E-state index contributed by atoms with van der Waals surface area (Å²) < 4.78 is 86.0. The van der Waals surface area contributed by atoms with Crippen LogP contribution in [0.4, 0.5) is 17.6 Å². The van der Waals surface area contributed by atoms with E-state index in [1.807, 2.05) is 0 Å². The number of alkyl halides is 3. The maximum absolute atomic E-state index is 13.5. The lowest BCUT2D eigenvalue weighted by molar-refractivity contribution is -0.153. The van der Waals surface area contributed by atoms with Gasteiger partial charge < -0.3 is 19.4 Å². The van der Waals surface area contributed by atoms with Crippen molar-refractivity contribution in [2.24, 2.45) is 7.05 Å². The van der Waals surface area contributed by atoms with Gasteiger partial charge in [-0.15, -0.1) is 0 Å². The molecule has 0 spiro atoms. The molecular weight excluding hydrogens is 510 g/mol. The minimum Gasteiger partial charge on any atom is -0.478 e. The second-order valence-electron chi connectivity index (χ2n) is 8.62. The van der Waals surface area contributed by atoms with Crippen LogP contribution in [0.15, 0.2) is 24.4 Å². The fraction of sp³-hybridized carbons (Fsp3) is 0.429. The smallest absolute Gasteiger partial charge is 0.422 e. The van der Waals surface area contributed by atoms with Crippen LogP contribution in [0.5, 0.6) is 17.5 Å². The molecule has 194 valence electrons. The number of hydrogen-bond donors (Lipinski definition) is 1. The van der Waals surface area contributed by atoms with Crippen LogP contribution in [0.3, 0.4) is 0 Å². The predicted octanol–water partition coefficient (Wildman–Crippen LogP) is 2.93. The maximum Gasteiger partial charge on any atom is 0.422 e. The summed E-state index contributed by atoms with van der Waals surface area (Å²) in [5, 5.41) is 2.84. The van der Waals surface area contributed by atoms with Crippen LogP contribution in [0.2, 0.25) is 0 Å². The zero-order valence-corrected chi connectivity index (χ0v) is 19.9. The number of nitrogens with zero attached hydrogens (tertiary/aromatic N) is 4. The summed E-state index contributed by atoms with van der Waals surface area (Å²) in [6, 6.07) is 3.53. The molecule has 36 heavy (non-hydrogen) atoms. The molecule has 3 aromatic heterocycles. The quantitative estimate of drug-likeness (QED) is 0.482. The van der Waals surface area contributed by atoms with Crippen molar-refractivity contribution >= 4 is 26.9 Å². The Morgan fingerprint density at radius 2 is 1.92 bits per heavy atom. The molecule has 4 rings (SSSR count). The van der Waals surface area contributed by atoms with Gasteiger partial charge in [0.15, 0.2) is 18.0 Å². The highest BCUT2D eigenvalue weighted by Gasteiger charge is 2.35. The molecule has 0 bridgehead atoms. The minimum absolute atomic E-state index is 0.0124. The van der Waals surface area contributed by atoms with Gasteiger partial charge in [-0.25, -0.2) is 22.8 Å². The summed E-state index contributed by atoms with van der Waals surface area (Å²) in [5.41, 5.74) is -0.176. The van der Waals surface area contributed by atoms with E-state index in [1.54, 1.807) is 6.92 Å². The molecule has 0 unspecified atom stereocenters. The Labute approximate surface area is 202 Å². The number of aromatic nitrogens is 4. The molecule has 4 heterocycles. The van der Waals surface area contributed by atoms with Gasteiger partial charge >= 0.3 is 6.18 Å². The van der Waals surface area contributed by atoms with E-state index >= 15 is 0 Å². The number of carbonyl (C=O) groups excluding carboxylic acids is 1. The van der Waals surface area contributed by atoms with Gasteiger partial charge in [0.25, 0.3) is 11.8 Å². The highest BCUT2D eigenvalue weighted by atomic mass is 32.2. The summed E-state index contributed by atoms with van der Waals surface area (Å²) in [4.78, 5) is 25.1. The lowest BCUT2D eigenvalue weighted by Gasteiger charge is -2.34. The lowest BCUT2D eigenvalue weighted by atomic mass is 9.95. The van der Waals surface area contributed by atoms with Crippen LogP contribution in [0, 0.1) is 5.82 Å². The van der Waals surface area contributed by atoms with Gasteiger partial charge in [-0.1, -0.05) is 0 Å². The molecule has 0 radical (unpaired) electrons. The van der Waals surface area contributed by atoms with Crippen molar-refractivity contribution in [1.82, 2.24) is 24.8 Å². The van der Waals surface area contributed by atoms with Gasteiger partial charge in [0.05, 0.1) is 17.7 Å². The fourth-order valence-electron chi connectivity index (χ4n) is 3.60. The summed E-state index contributed by atoms with van der Waals surface area (Å²) in [5.74, 6) is -2.61. The van der Waals surface area contributed by atoms with Gasteiger partial charge in [0.1, 0.15) is 21.2 Å². The molecule has 1 N–H and O–H groups in total. The van der Waals surface area contributed by atoms with E-state index in [2.05, 4.69) is 25.0 Å². The lowest BCUT2D eigenvalue weighted by Crippen LogP contribution is -2.51. The third kappa shape index (κ3) is 5.83. The zero-order chi connectivity index (χ0) is 26.3. The Kier molecular flexibility index (Phi) is 6.53. The number of aryl methyl sites for hydroxylation is 1. The highest BCUT2D eigenvalue weighted by Crippen LogP contribution is 2.31. The number of nitrogens with one attached hydrogen (secondary N) is 1. The molecule has 0 aliphatic carbocycles. The van der Waals surface area contributed by atoms with Crippen LogP contribution in [-0.2, 0) is 16.9 Å². The molecule has 3 aromatic rings. The van der Waals surface area contributed by atoms with Gasteiger partial charge in [-0.05, 0) is 25.8 Å². The predicted molar refractivity (Wildman–Crippen MR) is 118 cm³/mol. The Bertz CT molecular complexity index is 1410. The Hall–Kier alpha value is -3.49. The highest BCUT2D eigenvalue weighted by molar-refractivity contribution is 7.91. The molecule has 1 aliphatic heterocycles. The third-order valence-electron chi connectivity index (χ3n) is 5.62. The van der Waals surface area contributed by atoms with E-state index in [-0.39, 0.29) is 41.7 Å². The largest absolute Gasteiger partial charge is 0.478 e. The third-order valence-corrected chi connectivity index (χ3v) is 7.27. The first-order valence-electron chi connectivity index (χ1n) is 10.6. The van der Waals surface area contributed by atoms with E-state index in [0.717, 1.165) is 6.20 Å². The van der Waals surface area contributed by atoms with Crippen molar-refractivity contribution in [3.05, 3.63) is 36.0 Å². The number of imidazole rings is 1. The summed E-state index contributed by atoms with van der Waals surface area (Å²) in [6.45, 7) is 0.0899. The summed E-state index contributed by atoms with van der Waals surface area (Å²) in [6.07, 6.45) is -3.37. The number of rotatable bonds is 6. The number of amides is 1. The van der Waals surface area contributed by atoms with Crippen LogP contribution < -0.4 is 14.8 Å². The summed E-state index contributed by atoms with van der Waals surface area (Å²) >= 11 is 0. The van der Waals surface area contributed by atoms with Crippen molar-refractivity contribution in [3.8, 4) is 17.5 Å². The van der Waals surface area contributed by atoms with E-state index in [1.165, 1.54) is 23.7 Å². The van der Waals surface area contributed by atoms with E-state index in [4.69, 9.17) is 4.74 Å². The van der Waals surface area contributed by atoms with E-state index in [0.29, 0.717) is 11.6 Å². The molecular formula is C21H21F4N5O5S. The van der Waals surface area contributed by atoms with Crippen molar-refractivity contribution in [2.45, 2.75) is 31.5 Å².